The van der Waals surface area contributed by atoms with E-state index < -0.39 is 0 Å². The number of benzene rings is 1. The summed E-state index contributed by atoms with van der Waals surface area (Å²) >= 11 is 5.84. The Morgan fingerprint density at radius 3 is 2.94 bits per heavy atom. The number of likely N-dealkylation sites (N-methyl/N-ethyl adjacent to an activating group) is 1. The van der Waals surface area contributed by atoms with Crippen LogP contribution in [-0.2, 0) is 11.3 Å². The summed E-state index contributed by atoms with van der Waals surface area (Å²) in [4.78, 5) is 13.3. The maximum absolute atomic E-state index is 11.5. The first-order valence-corrected chi connectivity index (χ1v) is 5.80. The molecular weight excluding hydrogens is 240 g/mol. The minimum atomic E-state index is -0.0686. The van der Waals surface area contributed by atoms with E-state index in [0.29, 0.717) is 18.1 Å². The molecule has 0 unspecified atom stereocenters. The molecule has 0 heterocycles. The third-order valence-corrected chi connectivity index (χ3v) is 2.51. The number of nitrogens with zero attached hydrogens (tertiary/aromatic N) is 1. The molecule has 0 aromatic heterocycles. The summed E-state index contributed by atoms with van der Waals surface area (Å²) in [5.41, 5.74) is 0.968. The minimum Gasteiger partial charge on any atom is -0.395 e. The van der Waals surface area contributed by atoms with Gasteiger partial charge in [-0.15, -0.1) is 0 Å². The van der Waals surface area contributed by atoms with Crippen LogP contribution in [0, 0.1) is 0 Å². The molecule has 0 spiro atoms. The number of nitrogens with one attached hydrogen (secondary N) is 1. The Balaban J connectivity index is 2.33. The number of carbonyl (C=O) groups excluding carboxylic acids is 1. The molecule has 4 nitrogen and oxygen atoms in total. The van der Waals surface area contributed by atoms with Gasteiger partial charge >= 0.3 is 0 Å². The second-order valence-corrected chi connectivity index (χ2v) is 4.30. The van der Waals surface area contributed by atoms with Crippen molar-refractivity contribution >= 4 is 17.5 Å². The van der Waals surface area contributed by atoms with Crippen molar-refractivity contribution in [3.8, 4) is 0 Å². The summed E-state index contributed by atoms with van der Waals surface area (Å²) in [5, 5.41) is 12.2. The van der Waals surface area contributed by atoms with Gasteiger partial charge in [-0.3, -0.25) is 9.69 Å². The molecule has 0 saturated heterocycles. The van der Waals surface area contributed by atoms with Crippen LogP contribution < -0.4 is 5.32 Å². The molecular formula is C12H17ClN2O2. The number of hydrogen-bond donors (Lipinski definition) is 2. The Morgan fingerprint density at radius 1 is 1.53 bits per heavy atom. The van der Waals surface area contributed by atoms with Crippen LogP contribution in [0.2, 0.25) is 5.02 Å². The van der Waals surface area contributed by atoms with Gasteiger partial charge in [0, 0.05) is 18.1 Å². The molecule has 0 bridgehead atoms. The van der Waals surface area contributed by atoms with Crippen molar-refractivity contribution in [2.45, 2.75) is 6.54 Å². The highest BCUT2D eigenvalue weighted by Gasteiger charge is 2.05. The number of aliphatic hydroxyl groups excluding tert-OH is 1. The number of halogens is 1. The van der Waals surface area contributed by atoms with Crippen LogP contribution in [0.5, 0.6) is 0 Å². The summed E-state index contributed by atoms with van der Waals surface area (Å²) in [6, 6.07) is 7.37. The van der Waals surface area contributed by atoms with Crippen molar-refractivity contribution in [3.63, 3.8) is 0 Å². The van der Waals surface area contributed by atoms with Crippen molar-refractivity contribution in [3.05, 3.63) is 34.9 Å². The molecule has 0 aliphatic rings. The maximum atomic E-state index is 11.5. The van der Waals surface area contributed by atoms with Crippen LogP contribution in [0.15, 0.2) is 24.3 Å². The third kappa shape index (κ3) is 5.68. The van der Waals surface area contributed by atoms with E-state index in [1.165, 1.54) is 0 Å². The molecule has 1 amide bonds. The molecule has 0 fully saturated rings. The van der Waals surface area contributed by atoms with E-state index in [1.807, 2.05) is 18.2 Å². The zero-order chi connectivity index (χ0) is 12.7. The van der Waals surface area contributed by atoms with Crippen molar-refractivity contribution in [1.29, 1.82) is 0 Å². The molecule has 1 rings (SSSR count). The van der Waals surface area contributed by atoms with Crippen molar-refractivity contribution in [2.75, 3.05) is 26.7 Å². The van der Waals surface area contributed by atoms with Gasteiger partial charge in [-0.25, -0.2) is 0 Å². The van der Waals surface area contributed by atoms with Gasteiger partial charge in [0.25, 0.3) is 0 Å². The summed E-state index contributed by atoms with van der Waals surface area (Å²) in [6.07, 6.45) is 0. The molecule has 0 saturated carbocycles. The molecule has 0 aliphatic carbocycles. The molecule has 17 heavy (non-hydrogen) atoms. The van der Waals surface area contributed by atoms with Gasteiger partial charge in [0.2, 0.25) is 5.91 Å². The number of rotatable bonds is 6. The van der Waals surface area contributed by atoms with E-state index in [4.69, 9.17) is 16.7 Å². The van der Waals surface area contributed by atoms with Crippen molar-refractivity contribution < 1.29 is 9.90 Å². The topological polar surface area (TPSA) is 52.6 Å². The lowest BCUT2D eigenvalue weighted by Crippen LogP contribution is -2.36. The fourth-order valence-corrected chi connectivity index (χ4v) is 1.61. The molecule has 2 N–H and O–H groups in total. The average Bonchev–Trinajstić information content (AvgIpc) is 2.27. The second kappa shape index (κ2) is 7.27. The Morgan fingerprint density at radius 2 is 2.29 bits per heavy atom. The first kappa shape index (κ1) is 14.0. The van der Waals surface area contributed by atoms with Gasteiger partial charge in [-0.2, -0.15) is 0 Å². The second-order valence-electron chi connectivity index (χ2n) is 3.87. The van der Waals surface area contributed by atoms with E-state index in [2.05, 4.69) is 5.32 Å². The number of aliphatic hydroxyl groups is 1. The van der Waals surface area contributed by atoms with Crippen LogP contribution in [0.1, 0.15) is 5.56 Å². The average molecular weight is 257 g/mol. The van der Waals surface area contributed by atoms with Gasteiger partial charge in [-0.1, -0.05) is 23.7 Å². The predicted octanol–water partition coefficient (Wildman–Crippen LogP) is 0.880. The number of amides is 1. The maximum Gasteiger partial charge on any atom is 0.234 e. The Labute approximate surface area is 106 Å². The Kier molecular flexibility index (Phi) is 5.97. The molecule has 0 aliphatic heterocycles. The standard InChI is InChI=1S/C12H17ClN2O2/c1-15(5-6-16)9-12(17)14-8-10-3-2-4-11(13)7-10/h2-4,7,16H,5-6,8-9H2,1H3,(H,14,17). The van der Waals surface area contributed by atoms with Crippen LogP contribution in [0.3, 0.4) is 0 Å². The minimum absolute atomic E-state index is 0.0536. The van der Waals surface area contributed by atoms with Gasteiger partial charge in [0.1, 0.15) is 0 Å². The first-order chi connectivity index (χ1) is 8.11. The molecule has 5 heteroatoms. The molecule has 1 aromatic carbocycles. The predicted molar refractivity (Wildman–Crippen MR) is 67.9 cm³/mol. The normalized spacial score (nSPS) is 10.6. The lowest BCUT2D eigenvalue weighted by Gasteiger charge is -2.14. The van der Waals surface area contributed by atoms with E-state index in [9.17, 15) is 4.79 Å². The fraction of sp³-hybridized carbons (Fsp3) is 0.417. The monoisotopic (exact) mass is 256 g/mol. The van der Waals surface area contributed by atoms with Crippen LogP contribution in [0.25, 0.3) is 0 Å². The SMILES string of the molecule is CN(CCO)CC(=O)NCc1cccc(Cl)c1. The van der Waals surface area contributed by atoms with Crippen molar-refractivity contribution in [1.82, 2.24) is 10.2 Å². The molecule has 1 aromatic rings. The van der Waals surface area contributed by atoms with Crippen LogP contribution in [0.4, 0.5) is 0 Å². The summed E-state index contributed by atoms with van der Waals surface area (Å²) in [5.74, 6) is -0.0686. The van der Waals surface area contributed by atoms with E-state index in [1.54, 1.807) is 18.0 Å². The summed E-state index contributed by atoms with van der Waals surface area (Å²) in [7, 11) is 1.79. The van der Waals surface area contributed by atoms with Gasteiger partial charge in [0.15, 0.2) is 0 Å². The largest absolute Gasteiger partial charge is 0.395 e. The van der Waals surface area contributed by atoms with Gasteiger partial charge in [0.05, 0.1) is 13.2 Å². The third-order valence-electron chi connectivity index (χ3n) is 2.27. The zero-order valence-electron chi connectivity index (χ0n) is 9.82. The zero-order valence-corrected chi connectivity index (χ0v) is 10.6. The van der Waals surface area contributed by atoms with E-state index in [0.717, 1.165) is 5.56 Å². The highest BCUT2D eigenvalue weighted by Crippen LogP contribution is 2.10. The van der Waals surface area contributed by atoms with E-state index >= 15 is 0 Å². The molecule has 0 radical (unpaired) electrons. The quantitative estimate of drug-likeness (QED) is 0.795. The summed E-state index contributed by atoms with van der Waals surface area (Å²) < 4.78 is 0. The number of carbonyl (C=O) groups is 1. The van der Waals surface area contributed by atoms with Crippen LogP contribution in [-0.4, -0.2) is 42.7 Å². The highest BCUT2D eigenvalue weighted by molar-refractivity contribution is 6.30. The highest BCUT2D eigenvalue weighted by atomic mass is 35.5. The lowest BCUT2D eigenvalue weighted by atomic mass is 10.2. The van der Waals surface area contributed by atoms with Crippen LogP contribution >= 0.6 is 11.6 Å². The number of hydrogen-bond acceptors (Lipinski definition) is 3. The Bertz CT molecular complexity index is 371. The Hall–Kier alpha value is -1.10. The first-order valence-electron chi connectivity index (χ1n) is 5.42. The molecule has 94 valence electrons. The van der Waals surface area contributed by atoms with Gasteiger partial charge < -0.3 is 10.4 Å². The fourth-order valence-electron chi connectivity index (χ4n) is 1.40. The van der Waals surface area contributed by atoms with E-state index in [-0.39, 0.29) is 19.1 Å². The smallest absolute Gasteiger partial charge is 0.234 e. The molecule has 0 atom stereocenters. The lowest BCUT2D eigenvalue weighted by molar-refractivity contribution is -0.122. The van der Waals surface area contributed by atoms with Crippen molar-refractivity contribution in [2.24, 2.45) is 0 Å². The van der Waals surface area contributed by atoms with Gasteiger partial charge in [-0.05, 0) is 24.7 Å². The summed E-state index contributed by atoms with van der Waals surface area (Å²) in [6.45, 7) is 1.29.